The van der Waals surface area contributed by atoms with E-state index in [1.165, 1.54) is 0 Å². The van der Waals surface area contributed by atoms with E-state index >= 15 is 0 Å². The van der Waals surface area contributed by atoms with Crippen LogP contribution >= 0.6 is 11.6 Å². The number of imidazole rings is 1. The van der Waals surface area contributed by atoms with Crippen LogP contribution in [0.2, 0.25) is 5.02 Å². The number of halogens is 1. The summed E-state index contributed by atoms with van der Waals surface area (Å²) in [5.41, 5.74) is 2.87. The van der Waals surface area contributed by atoms with E-state index in [0.717, 1.165) is 22.1 Å². The number of hydrogen-bond donors (Lipinski definition) is 1. The molecule has 1 N–H and O–H groups in total. The second-order valence-electron chi connectivity index (χ2n) is 5.52. The molecule has 2 aromatic carbocycles. The molecule has 0 aliphatic rings. The van der Waals surface area contributed by atoms with Crippen molar-refractivity contribution in [3.8, 4) is 5.69 Å². The van der Waals surface area contributed by atoms with Crippen LogP contribution < -0.4 is 11.0 Å². The van der Waals surface area contributed by atoms with Crippen molar-refractivity contribution in [3.05, 3.63) is 58.2 Å². The number of nitrogens with one attached hydrogen (secondary N) is 1. The zero-order valence-electron chi connectivity index (χ0n) is 13.1. The first-order chi connectivity index (χ1) is 11.6. The van der Waals surface area contributed by atoms with Crippen LogP contribution in [0.4, 0.5) is 5.82 Å². The number of aromatic nitrogens is 4. The van der Waals surface area contributed by atoms with Gasteiger partial charge in [0.1, 0.15) is 5.82 Å². The van der Waals surface area contributed by atoms with Crippen molar-refractivity contribution in [3.63, 3.8) is 0 Å². The molecule has 4 rings (SSSR count). The summed E-state index contributed by atoms with van der Waals surface area (Å²) in [4.78, 5) is 21.1. The normalized spacial score (nSPS) is 11.3. The molecule has 0 amide bonds. The lowest BCUT2D eigenvalue weighted by molar-refractivity contribution is 0.939. The number of aryl methyl sites for hydroxylation is 1. The molecule has 0 saturated heterocycles. The van der Waals surface area contributed by atoms with Gasteiger partial charge in [0.05, 0.1) is 28.6 Å². The van der Waals surface area contributed by atoms with Gasteiger partial charge in [0, 0.05) is 24.5 Å². The first-order valence-corrected chi connectivity index (χ1v) is 7.78. The standard InChI is InChI=1S/C17H14ClN5O/c1-19-16-12-5-3-10(18)7-14(12)23(17(24)21-16)11-4-6-13-15(8-11)22(2)9-20-13/h3-9H,1-2H3,(H,19,21,24). The van der Waals surface area contributed by atoms with Gasteiger partial charge in [-0.2, -0.15) is 4.98 Å². The lowest BCUT2D eigenvalue weighted by Crippen LogP contribution is -2.23. The fraction of sp³-hybridized carbons (Fsp3) is 0.118. The molecule has 2 heterocycles. The molecule has 0 atom stereocenters. The lowest BCUT2D eigenvalue weighted by Gasteiger charge is -2.13. The fourth-order valence-electron chi connectivity index (χ4n) is 2.89. The van der Waals surface area contributed by atoms with E-state index in [1.54, 1.807) is 30.1 Å². The number of nitrogens with zero attached hydrogens (tertiary/aromatic N) is 4. The Kier molecular flexibility index (Phi) is 3.28. The van der Waals surface area contributed by atoms with E-state index in [-0.39, 0.29) is 5.69 Å². The number of anilines is 1. The van der Waals surface area contributed by atoms with Gasteiger partial charge < -0.3 is 9.88 Å². The third kappa shape index (κ3) is 2.15. The lowest BCUT2D eigenvalue weighted by atomic mass is 10.2. The first-order valence-electron chi connectivity index (χ1n) is 7.40. The predicted molar refractivity (Wildman–Crippen MR) is 96.2 cm³/mol. The number of fused-ring (bicyclic) bond motifs is 2. The summed E-state index contributed by atoms with van der Waals surface area (Å²) >= 11 is 6.16. The summed E-state index contributed by atoms with van der Waals surface area (Å²) in [5.74, 6) is 0.532. The Hall–Kier alpha value is -2.86. The van der Waals surface area contributed by atoms with E-state index < -0.39 is 0 Å². The van der Waals surface area contributed by atoms with E-state index in [0.29, 0.717) is 16.4 Å². The molecule has 0 aliphatic carbocycles. The van der Waals surface area contributed by atoms with Crippen molar-refractivity contribution in [1.82, 2.24) is 19.1 Å². The van der Waals surface area contributed by atoms with Gasteiger partial charge >= 0.3 is 5.69 Å². The van der Waals surface area contributed by atoms with Crippen molar-refractivity contribution in [1.29, 1.82) is 0 Å². The minimum absolute atomic E-state index is 0.365. The van der Waals surface area contributed by atoms with Crippen molar-refractivity contribution in [2.24, 2.45) is 7.05 Å². The second kappa shape index (κ2) is 5.35. The minimum Gasteiger partial charge on any atom is -0.372 e. The van der Waals surface area contributed by atoms with Crippen molar-refractivity contribution in [2.45, 2.75) is 0 Å². The Morgan fingerprint density at radius 1 is 1.12 bits per heavy atom. The maximum atomic E-state index is 12.6. The molecule has 4 aromatic rings. The van der Waals surface area contributed by atoms with Crippen LogP contribution in [-0.4, -0.2) is 26.1 Å². The summed E-state index contributed by atoms with van der Waals surface area (Å²) < 4.78 is 3.48. The average Bonchev–Trinajstić information content (AvgIpc) is 2.94. The molecule has 7 heteroatoms. The molecule has 120 valence electrons. The molecular formula is C17H14ClN5O. The highest BCUT2D eigenvalue weighted by molar-refractivity contribution is 6.31. The SMILES string of the molecule is CNc1nc(=O)n(-c2ccc3ncn(C)c3c2)c2cc(Cl)ccc12. The van der Waals surface area contributed by atoms with Gasteiger partial charge in [0.15, 0.2) is 0 Å². The summed E-state index contributed by atoms with van der Waals surface area (Å²) in [7, 11) is 3.65. The third-order valence-corrected chi connectivity index (χ3v) is 4.29. The molecule has 0 saturated carbocycles. The van der Waals surface area contributed by atoms with Crippen molar-refractivity contribution in [2.75, 3.05) is 12.4 Å². The number of hydrogen-bond acceptors (Lipinski definition) is 4. The summed E-state index contributed by atoms with van der Waals surface area (Å²) in [5, 5.41) is 4.35. The van der Waals surface area contributed by atoms with Gasteiger partial charge in [-0.05, 0) is 36.4 Å². The highest BCUT2D eigenvalue weighted by Gasteiger charge is 2.13. The second-order valence-corrected chi connectivity index (χ2v) is 5.95. The highest BCUT2D eigenvalue weighted by Crippen LogP contribution is 2.26. The van der Waals surface area contributed by atoms with Crippen molar-refractivity contribution < 1.29 is 0 Å². The molecule has 0 spiro atoms. The Labute approximate surface area is 142 Å². The zero-order valence-corrected chi connectivity index (χ0v) is 13.9. The van der Waals surface area contributed by atoms with Crippen LogP contribution in [0.1, 0.15) is 0 Å². The Bertz CT molecular complexity index is 1150. The van der Waals surface area contributed by atoms with Gasteiger partial charge in [-0.15, -0.1) is 0 Å². The van der Waals surface area contributed by atoms with E-state index in [1.807, 2.05) is 35.9 Å². The topological polar surface area (TPSA) is 64.7 Å². The third-order valence-electron chi connectivity index (χ3n) is 4.06. The van der Waals surface area contributed by atoms with E-state index in [9.17, 15) is 4.79 Å². The monoisotopic (exact) mass is 339 g/mol. The predicted octanol–water partition coefficient (Wildman–Crippen LogP) is 2.97. The van der Waals surface area contributed by atoms with Gasteiger partial charge in [-0.25, -0.2) is 9.78 Å². The van der Waals surface area contributed by atoms with E-state index in [2.05, 4.69) is 15.3 Å². The van der Waals surface area contributed by atoms with Crippen LogP contribution in [0.25, 0.3) is 27.6 Å². The highest BCUT2D eigenvalue weighted by atomic mass is 35.5. The molecule has 0 fully saturated rings. The van der Waals surface area contributed by atoms with Gasteiger partial charge in [0.25, 0.3) is 0 Å². The Balaban J connectivity index is 2.11. The number of rotatable bonds is 2. The van der Waals surface area contributed by atoms with Crippen molar-refractivity contribution >= 4 is 39.4 Å². The minimum atomic E-state index is -0.365. The zero-order chi connectivity index (χ0) is 16.8. The van der Waals surface area contributed by atoms with Gasteiger partial charge in [-0.3, -0.25) is 4.57 Å². The van der Waals surface area contributed by atoms with Crippen LogP contribution in [0, 0.1) is 0 Å². The molecular weight excluding hydrogens is 326 g/mol. The summed E-state index contributed by atoms with van der Waals surface area (Å²) in [6.45, 7) is 0. The quantitative estimate of drug-likeness (QED) is 0.610. The van der Waals surface area contributed by atoms with Crippen LogP contribution in [-0.2, 0) is 7.05 Å². The number of benzene rings is 2. The van der Waals surface area contributed by atoms with Crippen LogP contribution in [0.15, 0.2) is 47.5 Å². The molecule has 2 aromatic heterocycles. The molecule has 0 bridgehead atoms. The van der Waals surface area contributed by atoms with Crippen LogP contribution in [0.3, 0.4) is 0 Å². The smallest absolute Gasteiger partial charge is 0.354 e. The average molecular weight is 340 g/mol. The summed E-state index contributed by atoms with van der Waals surface area (Å²) in [6, 6.07) is 11.1. The first kappa shape index (κ1) is 14.7. The summed E-state index contributed by atoms with van der Waals surface area (Å²) in [6.07, 6.45) is 1.74. The fourth-order valence-corrected chi connectivity index (χ4v) is 3.06. The largest absolute Gasteiger partial charge is 0.372 e. The Morgan fingerprint density at radius 2 is 1.96 bits per heavy atom. The molecule has 0 radical (unpaired) electrons. The molecule has 0 unspecified atom stereocenters. The van der Waals surface area contributed by atoms with E-state index in [4.69, 9.17) is 11.6 Å². The van der Waals surface area contributed by atoms with Crippen LogP contribution in [0.5, 0.6) is 0 Å². The maximum absolute atomic E-state index is 12.6. The molecule has 0 aliphatic heterocycles. The van der Waals surface area contributed by atoms with Gasteiger partial charge in [-0.1, -0.05) is 11.6 Å². The Morgan fingerprint density at radius 3 is 2.75 bits per heavy atom. The maximum Gasteiger partial charge on any atom is 0.354 e. The van der Waals surface area contributed by atoms with Gasteiger partial charge in [0.2, 0.25) is 0 Å². The molecule has 24 heavy (non-hydrogen) atoms. The molecule has 6 nitrogen and oxygen atoms in total.